The van der Waals surface area contributed by atoms with E-state index in [2.05, 4.69) is 31.9 Å². The Kier molecular flexibility index (Phi) is 5.56. The SMILES string of the molecule is O=C(CN1C(=O)S/C(=C/c2ccc(Br)cc2)C1=O)c1ccc(Br)cc1. The van der Waals surface area contributed by atoms with Crippen molar-refractivity contribution >= 4 is 66.6 Å². The van der Waals surface area contributed by atoms with Gasteiger partial charge in [-0.1, -0.05) is 56.1 Å². The smallest absolute Gasteiger partial charge is 0.292 e. The third kappa shape index (κ3) is 4.29. The van der Waals surface area contributed by atoms with Gasteiger partial charge in [-0.25, -0.2) is 0 Å². The molecule has 4 nitrogen and oxygen atoms in total. The molecule has 1 aliphatic rings. The van der Waals surface area contributed by atoms with Gasteiger partial charge in [-0.3, -0.25) is 19.3 Å². The van der Waals surface area contributed by atoms with E-state index < -0.39 is 11.1 Å². The molecule has 0 unspecified atom stereocenters. The second-order valence-corrected chi connectivity index (χ2v) is 8.07. The quantitative estimate of drug-likeness (QED) is 0.449. The second kappa shape index (κ2) is 7.68. The third-order valence-electron chi connectivity index (χ3n) is 3.51. The highest BCUT2D eigenvalue weighted by Gasteiger charge is 2.36. The average molecular weight is 481 g/mol. The maximum atomic E-state index is 12.5. The van der Waals surface area contributed by atoms with Crippen LogP contribution < -0.4 is 0 Å². The molecule has 2 amide bonds. The Morgan fingerprint density at radius 1 is 0.960 bits per heavy atom. The fraction of sp³-hybridized carbons (Fsp3) is 0.0556. The molecule has 0 N–H and O–H groups in total. The number of thioether (sulfide) groups is 1. The van der Waals surface area contributed by atoms with Gasteiger partial charge >= 0.3 is 0 Å². The Balaban J connectivity index is 1.76. The van der Waals surface area contributed by atoms with Crippen molar-refractivity contribution in [3.63, 3.8) is 0 Å². The van der Waals surface area contributed by atoms with Crippen LogP contribution in [0.3, 0.4) is 0 Å². The normalized spacial score (nSPS) is 15.9. The lowest BCUT2D eigenvalue weighted by Crippen LogP contribution is -2.33. The first-order chi connectivity index (χ1) is 11.9. The number of Topliss-reactive ketones (excluding diaryl/α,β-unsaturated/α-hetero) is 1. The molecule has 0 bridgehead atoms. The Morgan fingerprint density at radius 3 is 2.12 bits per heavy atom. The van der Waals surface area contributed by atoms with Gasteiger partial charge in [-0.15, -0.1) is 0 Å². The van der Waals surface area contributed by atoms with Crippen molar-refractivity contribution in [2.45, 2.75) is 0 Å². The van der Waals surface area contributed by atoms with E-state index in [1.165, 1.54) is 0 Å². The van der Waals surface area contributed by atoms with Crippen LogP contribution in [0, 0.1) is 0 Å². The fourth-order valence-electron chi connectivity index (χ4n) is 2.22. The molecular formula is C18H11Br2NO3S. The summed E-state index contributed by atoms with van der Waals surface area (Å²) in [5, 5.41) is -0.432. The number of amides is 2. The van der Waals surface area contributed by atoms with Crippen molar-refractivity contribution in [2.75, 3.05) is 6.54 Å². The van der Waals surface area contributed by atoms with Gasteiger partial charge in [0.2, 0.25) is 0 Å². The summed E-state index contributed by atoms with van der Waals surface area (Å²) in [6.07, 6.45) is 1.65. The van der Waals surface area contributed by atoms with E-state index in [0.717, 1.165) is 31.2 Å². The summed E-state index contributed by atoms with van der Waals surface area (Å²) in [4.78, 5) is 38.2. The number of carbonyl (C=O) groups excluding carboxylic acids is 3. The van der Waals surface area contributed by atoms with E-state index in [9.17, 15) is 14.4 Å². The zero-order valence-corrected chi connectivity index (χ0v) is 16.7. The van der Waals surface area contributed by atoms with Gasteiger partial charge in [-0.05, 0) is 47.7 Å². The monoisotopic (exact) mass is 479 g/mol. The summed E-state index contributed by atoms with van der Waals surface area (Å²) >= 11 is 7.50. The first-order valence-corrected chi connectivity index (χ1v) is 9.64. The molecule has 7 heteroatoms. The van der Waals surface area contributed by atoms with E-state index >= 15 is 0 Å². The Hall–Kier alpha value is -1.70. The molecular weight excluding hydrogens is 470 g/mol. The molecule has 3 rings (SSSR count). The summed E-state index contributed by atoms with van der Waals surface area (Å²) in [6.45, 7) is -0.260. The maximum absolute atomic E-state index is 12.5. The van der Waals surface area contributed by atoms with Crippen LogP contribution in [0.1, 0.15) is 15.9 Å². The Bertz CT molecular complexity index is 876. The van der Waals surface area contributed by atoms with Gasteiger partial charge in [0.15, 0.2) is 5.78 Å². The molecule has 0 aliphatic carbocycles. The highest BCUT2D eigenvalue weighted by Crippen LogP contribution is 2.32. The van der Waals surface area contributed by atoms with Crippen molar-refractivity contribution in [3.05, 3.63) is 73.5 Å². The highest BCUT2D eigenvalue weighted by molar-refractivity contribution is 9.10. The Labute approximate surface area is 165 Å². The average Bonchev–Trinajstić information content (AvgIpc) is 2.85. The number of hydrogen-bond acceptors (Lipinski definition) is 4. The third-order valence-corrected chi connectivity index (χ3v) is 5.47. The molecule has 1 aliphatic heterocycles. The molecule has 0 radical (unpaired) electrons. The molecule has 2 aromatic rings. The van der Waals surface area contributed by atoms with E-state index in [1.54, 1.807) is 30.3 Å². The fourth-order valence-corrected chi connectivity index (χ4v) is 3.58. The number of hydrogen-bond donors (Lipinski definition) is 0. The lowest BCUT2D eigenvalue weighted by Gasteiger charge is -2.11. The first kappa shape index (κ1) is 18.1. The number of carbonyl (C=O) groups is 3. The number of nitrogens with zero attached hydrogens (tertiary/aromatic N) is 1. The van der Waals surface area contributed by atoms with Crippen molar-refractivity contribution in [2.24, 2.45) is 0 Å². The predicted octanol–water partition coefficient (Wildman–Crippen LogP) is 5.13. The molecule has 25 heavy (non-hydrogen) atoms. The molecule has 0 spiro atoms. The number of rotatable bonds is 4. The lowest BCUT2D eigenvalue weighted by molar-refractivity contribution is -0.122. The summed E-state index contributed by atoms with van der Waals surface area (Å²) in [5.41, 5.74) is 1.27. The van der Waals surface area contributed by atoms with Gasteiger partial charge < -0.3 is 0 Å². The number of halogens is 2. The summed E-state index contributed by atoms with van der Waals surface area (Å²) < 4.78 is 1.78. The molecule has 1 heterocycles. The van der Waals surface area contributed by atoms with Crippen molar-refractivity contribution in [1.82, 2.24) is 4.90 Å². The molecule has 0 saturated carbocycles. The number of imide groups is 1. The van der Waals surface area contributed by atoms with Gasteiger partial charge in [-0.2, -0.15) is 0 Å². The van der Waals surface area contributed by atoms with Crippen molar-refractivity contribution < 1.29 is 14.4 Å². The van der Waals surface area contributed by atoms with E-state index in [-0.39, 0.29) is 12.3 Å². The first-order valence-electron chi connectivity index (χ1n) is 7.24. The minimum Gasteiger partial charge on any atom is -0.292 e. The molecule has 2 aromatic carbocycles. The topological polar surface area (TPSA) is 54.5 Å². The van der Waals surface area contributed by atoms with Crippen molar-refractivity contribution in [1.29, 1.82) is 0 Å². The van der Waals surface area contributed by atoms with Crippen LogP contribution in [-0.4, -0.2) is 28.4 Å². The van der Waals surface area contributed by atoms with Crippen LogP contribution >= 0.6 is 43.6 Å². The summed E-state index contributed by atoms with van der Waals surface area (Å²) in [6, 6.07) is 14.2. The molecule has 0 aromatic heterocycles. The van der Waals surface area contributed by atoms with Crippen molar-refractivity contribution in [3.8, 4) is 0 Å². The molecule has 0 atom stereocenters. The second-order valence-electron chi connectivity index (χ2n) is 5.25. The molecule has 1 fully saturated rings. The van der Waals surface area contributed by atoms with Gasteiger partial charge in [0.05, 0.1) is 11.4 Å². The van der Waals surface area contributed by atoms with E-state index in [1.807, 2.05) is 24.3 Å². The van der Waals surface area contributed by atoms with Crippen LogP contribution in [0.15, 0.2) is 62.4 Å². The summed E-state index contributed by atoms with van der Waals surface area (Å²) in [7, 11) is 0. The molecule has 126 valence electrons. The van der Waals surface area contributed by atoms with Crippen LogP contribution in [-0.2, 0) is 4.79 Å². The lowest BCUT2D eigenvalue weighted by atomic mass is 10.1. The minimum atomic E-state index is -0.441. The van der Waals surface area contributed by atoms with Gasteiger partial charge in [0, 0.05) is 14.5 Å². The zero-order valence-electron chi connectivity index (χ0n) is 12.7. The van der Waals surface area contributed by atoms with Crippen LogP contribution in [0.4, 0.5) is 4.79 Å². The molecule has 1 saturated heterocycles. The summed E-state index contributed by atoms with van der Waals surface area (Å²) in [5.74, 6) is -0.719. The van der Waals surface area contributed by atoms with Crippen LogP contribution in [0.25, 0.3) is 6.08 Å². The zero-order chi connectivity index (χ0) is 18.0. The minimum absolute atomic E-state index is 0.260. The largest absolute Gasteiger partial charge is 0.293 e. The standard InChI is InChI=1S/C18H11Br2NO3S/c19-13-5-1-11(2-6-13)9-16-17(23)21(18(24)25-16)10-15(22)12-3-7-14(20)8-4-12/h1-9H,10H2/b16-9+. The van der Waals surface area contributed by atoms with Crippen LogP contribution in [0.2, 0.25) is 0 Å². The number of ketones is 1. The van der Waals surface area contributed by atoms with Crippen LogP contribution in [0.5, 0.6) is 0 Å². The van der Waals surface area contributed by atoms with Gasteiger partial charge in [0.1, 0.15) is 0 Å². The number of benzene rings is 2. The predicted molar refractivity (Wildman–Crippen MR) is 105 cm³/mol. The highest BCUT2D eigenvalue weighted by atomic mass is 79.9. The van der Waals surface area contributed by atoms with E-state index in [0.29, 0.717) is 10.5 Å². The van der Waals surface area contributed by atoms with Gasteiger partial charge in [0.25, 0.3) is 11.1 Å². The van der Waals surface area contributed by atoms with E-state index in [4.69, 9.17) is 0 Å². The Morgan fingerprint density at radius 2 is 1.52 bits per heavy atom. The maximum Gasteiger partial charge on any atom is 0.293 e.